The largest absolute Gasteiger partial charge is 0.472 e. The maximum atomic E-state index is 13.1. The topological polar surface area (TPSA) is 237 Å². The number of esters is 4. The van der Waals surface area contributed by atoms with Crippen LogP contribution < -0.4 is 0 Å². The second-order valence-corrected chi connectivity index (χ2v) is 30.2. The Bertz CT molecular complexity index is 2660. The number of aliphatic hydroxyl groups is 1. The highest BCUT2D eigenvalue weighted by atomic mass is 31.2. The number of phosphoric acid groups is 2. The van der Waals surface area contributed by atoms with Crippen molar-refractivity contribution in [1.29, 1.82) is 0 Å². The third kappa shape index (κ3) is 78.8. The summed E-state index contributed by atoms with van der Waals surface area (Å²) >= 11 is 0. The Morgan fingerprint density at radius 1 is 0.269 bits per heavy atom. The molecule has 17 nitrogen and oxygen atoms in total. The fourth-order valence-corrected chi connectivity index (χ4v) is 12.4. The molecule has 5 atom stereocenters. The number of rotatable bonds is 77. The van der Waals surface area contributed by atoms with Gasteiger partial charge in [-0.1, -0.05) is 321 Å². The third-order valence-corrected chi connectivity index (χ3v) is 18.9. The van der Waals surface area contributed by atoms with Gasteiger partial charge in [0.2, 0.25) is 0 Å². The predicted molar refractivity (Wildman–Crippen MR) is 445 cm³/mol. The average molecular weight is 1550 g/mol. The number of ether oxygens (including phenoxy) is 4. The Morgan fingerprint density at radius 2 is 0.500 bits per heavy atom. The molecule has 0 saturated carbocycles. The monoisotopic (exact) mass is 1550 g/mol. The maximum absolute atomic E-state index is 13.1. The van der Waals surface area contributed by atoms with Gasteiger partial charge in [-0.3, -0.25) is 37.3 Å². The molecule has 0 aliphatic carbocycles. The van der Waals surface area contributed by atoms with Gasteiger partial charge in [-0.25, -0.2) is 9.13 Å². The van der Waals surface area contributed by atoms with Gasteiger partial charge in [0.05, 0.1) is 26.4 Å². The molecule has 0 fully saturated rings. The van der Waals surface area contributed by atoms with Gasteiger partial charge in [0.15, 0.2) is 12.2 Å². The summed E-state index contributed by atoms with van der Waals surface area (Å²) in [5.41, 5.74) is 0. The smallest absolute Gasteiger partial charge is 0.462 e. The lowest BCUT2D eigenvalue weighted by atomic mass is 10.0. The number of hydrogen-bond acceptors (Lipinski definition) is 15. The predicted octanol–water partition coefficient (Wildman–Crippen LogP) is 24.8. The van der Waals surface area contributed by atoms with E-state index >= 15 is 0 Å². The van der Waals surface area contributed by atoms with E-state index in [4.69, 9.17) is 37.0 Å². The van der Waals surface area contributed by atoms with Gasteiger partial charge in [0, 0.05) is 25.7 Å². The van der Waals surface area contributed by atoms with E-state index < -0.39 is 97.5 Å². The summed E-state index contributed by atoms with van der Waals surface area (Å²) in [6, 6.07) is 0. The van der Waals surface area contributed by atoms with Crippen LogP contribution in [0.15, 0.2) is 158 Å². The number of unbranched alkanes of at least 4 members (excludes halogenated alkanes) is 25. The molecule has 0 bridgehead atoms. The first-order valence-corrected chi connectivity index (χ1v) is 44.7. The van der Waals surface area contributed by atoms with Crippen LogP contribution in [-0.4, -0.2) is 96.7 Å². The summed E-state index contributed by atoms with van der Waals surface area (Å²) in [7, 11) is -10.00. The summed E-state index contributed by atoms with van der Waals surface area (Å²) in [6.45, 7) is 4.44. The van der Waals surface area contributed by atoms with Crippen molar-refractivity contribution in [3.05, 3.63) is 158 Å². The third-order valence-electron chi connectivity index (χ3n) is 17.0. The number of carbonyl (C=O) groups is 4. The summed E-state index contributed by atoms with van der Waals surface area (Å²) in [4.78, 5) is 73.2. The molecule has 5 unspecified atom stereocenters. The van der Waals surface area contributed by atoms with Crippen molar-refractivity contribution in [2.24, 2.45) is 0 Å². The van der Waals surface area contributed by atoms with E-state index in [-0.39, 0.29) is 25.7 Å². The van der Waals surface area contributed by atoms with Crippen molar-refractivity contribution in [2.75, 3.05) is 39.6 Å². The molecule has 108 heavy (non-hydrogen) atoms. The molecule has 616 valence electrons. The maximum Gasteiger partial charge on any atom is 0.472 e. The van der Waals surface area contributed by atoms with Gasteiger partial charge in [-0.15, -0.1) is 0 Å². The van der Waals surface area contributed by atoms with Gasteiger partial charge in [-0.2, -0.15) is 0 Å². The van der Waals surface area contributed by atoms with Crippen molar-refractivity contribution in [3.8, 4) is 0 Å². The Balaban J connectivity index is 5.45. The van der Waals surface area contributed by atoms with E-state index in [1.165, 1.54) is 64.2 Å². The van der Waals surface area contributed by atoms with Crippen LogP contribution in [0.1, 0.15) is 323 Å². The highest BCUT2D eigenvalue weighted by Gasteiger charge is 2.30. The molecule has 0 heterocycles. The molecule has 0 radical (unpaired) electrons. The zero-order chi connectivity index (χ0) is 78.9. The van der Waals surface area contributed by atoms with Gasteiger partial charge >= 0.3 is 39.5 Å². The minimum Gasteiger partial charge on any atom is -0.462 e. The van der Waals surface area contributed by atoms with Crippen molar-refractivity contribution in [1.82, 2.24) is 0 Å². The molecule has 0 aliphatic rings. The molecular weight excluding hydrogens is 1400 g/mol. The summed E-state index contributed by atoms with van der Waals surface area (Å²) in [5, 5.41) is 10.7. The standard InChI is InChI=1S/C89H148O17P2/c1-5-9-13-17-21-25-29-33-37-39-41-43-47-49-53-57-61-65-69-73-86(91)99-79-84(105-88(93)75-71-67-63-59-55-51-45-35-31-27-23-19-15-11-7-3)81-103-107(95,96)101-77-83(90)78-102-108(97,98)104-82-85(106-89(94)76-72-68-64-60-56-52-46-36-32-28-24-20-16-12-8-4)80-100-87(92)74-70-66-62-58-54-50-48-44-42-40-38-34-30-26-22-18-14-10-6-2/h9-11,13-15,21-23,25-27,33-35,37-38,41-45,50,54,62,66,83-85,90H,5-8,12,16-20,24,28-32,36,39-40,46-49,51-53,55-61,63-65,67-82H2,1-4H3,(H,95,96)(H,97,98)/b13-9-,14-10-,15-11-,25-21-,26-22-,27-23-,37-33-,38-34-,43-41-,44-42-,45-35-,54-50-,66-62-. The Morgan fingerprint density at radius 3 is 0.796 bits per heavy atom. The number of phosphoric ester groups is 2. The lowest BCUT2D eigenvalue weighted by Gasteiger charge is -2.21. The number of allylic oxidation sites excluding steroid dienone is 26. The second-order valence-electron chi connectivity index (χ2n) is 27.3. The number of carbonyl (C=O) groups excluding carboxylic acids is 4. The van der Waals surface area contributed by atoms with E-state index in [0.717, 1.165) is 173 Å². The quantitative estimate of drug-likeness (QED) is 0.0169. The van der Waals surface area contributed by atoms with Crippen molar-refractivity contribution < 1.29 is 80.2 Å². The van der Waals surface area contributed by atoms with Crippen LogP contribution in [0.2, 0.25) is 0 Å². The molecule has 3 N–H and O–H groups in total. The van der Waals surface area contributed by atoms with E-state index in [1.54, 1.807) is 0 Å². The van der Waals surface area contributed by atoms with Gasteiger partial charge in [0.25, 0.3) is 0 Å². The molecule has 0 amide bonds. The zero-order valence-electron chi connectivity index (χ0n) is 67.5. The van der Waals surface area contributed by atoms with E-state index in [2.05, 4.69) is 167 Å². The van der Waals surface area contributed by atoms with Crippen molar-refractivity contribution in [2.45, 2.75) is 341 Å². The summed E-state index contributed by atoms with van der Waals surface area (Å²) < 4.78 is 68.7. The van der Waals surface area contributed by atoms with Crippen LogP contribution in [0.5, 0.6) is 0 Å². The Labute approximate surface area is 655 Å². The fraction of sp³-hybridized carbons (Fsp3) is 0.663. The van der Waals surface area contributed by atoms with E-state index in [9.17, 15) is 43.2 Å². The first-order chi connectivity index (χ1) is 52.7. The molecule has 0 aromatic rings. The minimum absolute atomic E-state index is 0.0338. The van der Waals surface area contributed by atoms with Crippen LogP contribution in [0, 0.1) is 0 Å². The van der Waals surface area contributed by atoms with Gasteiger partial charge in [0.1, 0.15) is 19.3 Å². The van der Waals surface area contributed by atoms with Crippen LogP contribution in [0.4, 0.5) is 0 Å². The van der Waals surface area contributed by atoms with Crippen LogP contribution in [0.3, 0.4) is 0 Å². The highest BCUT2D eigenvalue weighted by molar-refractivity contribution is 7.47. The van der Waals surface area contributed by atoms with Gasteiger partial charge in [-0.05, 0) is 135 Å². The Kier molecular flexibility index (Phi) is 75.8. The summed E-state index contributed by atoms with van der Waals surface area (Å²) in [5.74, 6) is -2.30. The van der Waals surface area contributed by atoms with Crippen LogP contribution in [-0.2, 0) is 65.4 Å². The lowest BCUT2D eigenvalue weighted by Crippen LogP contribution is -2.30. The molecular formula is C89H148O17P2. The molecule has 0 rings (SSSR count). The zero-order valence-corrected chi connectivity index (χ0v) is 69.3. The SMILES string of the molecule is CC/C=C\C/C=C\C/C=C\C/C=C\C/C=C\C/C=C\CCC(=O)OCC(COP(=O)(O)OCC(O)COP(=O)(O)OCC(COC(=O)CCCCCCCC/C=C\C/C=C\C/C=C\C/C=C\CC)OC(=O)CCCCCCC/C=C\C/C=C\C/C=C\CC)OC(=O)CCCCCCCCCCCCCCCCC. The Hall–Kier alpha value is -5.32. The molecule has 0 aromatic carbocycles. The minimum atomic E-state index is -5.00. The summed E-state index contributed by atoms with van der Waals surface area (Å²) in [6.07, 6.45) is 93.7. The van der Waals surface area contributed by atoms with Gasteiger partial charge < -0.3 is 33.8 Å². The van der Waals surface area contributed by atoms with Crippen LogP contribution >= 0.6 is 15.6 Å². The molecule has 19 heteroatoms. The van der Waals surface area contributed by atoms with Crippen LogP contribution in [0.25, 0.3) is 0 Å². The second kappa shape index (κ2) is 79.8. The first kappa shape index (κ1) is 103. The molecule has 0 spiro atoms. The van der Waals surface area contributed by atoms with E-state index in [0.29, 0.717) is 32.1 Å². The highest BCUT2D eigenvalue weighted by Crippen LogP contribution is 2.45. The van der Waals surface area contributed by atoms with Crippen molar-refractivity contribution in [3.63, 3.8) is 0 Å². The number of hydrogen-bond donors (Lipinski definition) is 3. The average Bonchev–Trinajstić information content (AvgIpc) is 0.923. The molecule has 0 saturated heterocycles. The molecule has 0 aliphatic heterocycles. The first-order valence-electron chi connectivity index (χ1n) is 41.7. The fourth-order valence-electron chi connectivity index (χ4n) is 10.8. The normalized spacial score (nSPS) is 14.6. The molecule has 0 aromatic heterocycles. The lowest BCUT2D eigenvalue weighted by molar-refractivity contribution is -0.161. The van der Waals surface area contributed by atoms with Crippen molar-refractivity contribution >= 4 is 39.5 Å². The van der Waals surface area contributed by atoms with E-state index in [1.807, 2.05) is 18.2 Å². The number of aliphatic hydroxyl groups excluding tert-OH is 1.